The molecule has 0 aromatic heterocycles. The molecule has 0 fully saturated rings. The molecule has 1 N–H and O–H groups in total. The summed E-state index contributed by atoms with van der Waals surface area (Å²) >= 11 is 0. The summed E-state index contributed by atoms with van der Waals surface area (Å²) in [6.07, 6.45) is -0.202. The minimum absolute atomic E-state index is 0.00705. The van der Waals surface area contributed by atoms with E-state index in [1.54, 1.807) is 24.3 Å². The van der Waals surface area contributed by atoms with Gasteiger partial charge in [0.15, 0.2) is 0 Å². The van der Waals surface area contributed by atoms with Crippen molar-refractivity contribution >= 4 is 23.8 Å². The fourth-order valence-corrected chi connectivity index (χ4v) is 4.05. The van der Waals surface area contributed by atoms with Crippen molar-refractivity contribution in [1.82, 2.24) is 5.32 Å². The Kier molecular flexibility index (Phi) is 11.0. The van der Waals surface area contributed by atoms with Crippen molar-refractivity contribution in [3.8, 4) is 0 Å². The van der Waals surface area contributed by atoms with Gasteiger partial charge in [-0.15, -0.1) is 0 Å². The van der Waals surface area contributed by atoms with Crippen LogP contribution in [0.2, 0.25) is 0 Å². The van der Waals surface area contributed by atoms with Crippen LogP contribution >= 0.6 is 0 Å². The highest BCUT2D eigenvalue weighted by Crippen LogP contribution is 2.14. The molecule has 42 heavy (non-hydrogen) atoms. The molecule has 1 atom stereocenters. The number of hydrogen-bond donors (Lipinski definition) is 1. The van der Waals surface area contributed by atoms with Gasteiger partial charge in [0.2, 0.25) is 0 Å². The molecule has 4 aromatic rings. The molecule has 1 amide bonds. The summed E-state index contributed by atoms with van der Waals surface area (Å²) < 4.78 is 16.2. The van der Waals surface area contributed by atoms with Crippen LogP contribution in [0.3, 0.4) is 0 Å². The van der Waals surface area contributed by atoms with Crippen molar-refractivity contribution in [2.45, 2.75) is 38.7 Å². The van der Waals surface area contributed by atoms with E-state index in [2.05, 4.69) is 5.32 Å². The first-order valence-electron chi connectivity index (χ1n) is 13.5. The van der Waals surface area contributed by atoms with Gasteiger partial charge in [0.25, 0.3) is 5.91 Å². The lowest BCUT2D eigenvalue weighted by Crippen LogP contribution is -2.42. The van der Waals surface area contributed by atoms with E-state index in [9.17, 15) is 19.2 Å². The summed E-state index contributed by atoms with van der Waals surface area (Å²) in [5, 5.41) is 2.64. The van der Waals surface area contributed by atoms with Crippen LogP contribution in [0.25, 0.3) is 0 Å². The SMILES string of the molecule is O=C(CC[C@H](NC(=O)c1ccccc1C(=O)OCc1ccccc1)C(=O)OCc1ccccc1)OCc1ccccc1. The van der Waals surface area contributed by atoms with Crippen LogP contribution in [0.4, 0.5) is 0 Å². The highest BCUT2D eigenvalue weighted by atomic mass is 16.5. The second kappa shape index (κ2) is 15.5. The number of amides is 1. The van der Waals surface area contributed by atoms with Gasteiger partial charge in [0.05, 0.1) is 11.1 Å². The summed E-state index contributed by atoms with van der Waals surface area (Å²) in [5.41, 5.74) is 2.47. The van der Waals surface area contributed by atoms with Gasteiger partial charge in [0.1, 0.15) is 25.9 Å². The molecule has 0 saturated carbocycles. The zero-order valence-electron chi connectivity index (χ0n) is 22.9. The predicted octanol–water partition coefficient (Wildman–Crippen LogP) is 5.41. The van der Waals surface area contributed by atoms with Gasteiger partial charge in [0, 0.05) is 6.42 Å². The molecule has 214 valence electrons. The molecule has 0 saturated heterocycles. The van der Waals surface area contributed by atoms with Crippen LogP contribution in [0.1, 0.15) is 50.2 Å². The smallest absolute Gasteiger partial charge is 0.339 e. The van der Waals surface area contributed by atoms with Crippen LogP contribution in [-0.2, 0) is 43.6 Å². The third-order valence-corrected chi connectivity index (χ3v) is 6.30. The number of hydrogen-bond acceptors (Lipinski definition) is 7. The van der Waals surface area contributed by atoms with Crippen LogP contribution < -0.4 is 5.32 Å². The zero-order valence-corrected chi connectivity index (χ0v) is 22.9. The lowest BCUT2D eigenvalue weighted by atomic mass is 10.1. The molecule has 8 heteroatoms. The van der Waals surface area contributed by atoms with E-state index in [0.29, 0.717) is 0 Å². The maximum atomic E-state index is 13.3. The summed E-state index contributed by atoms with van der Waals surface area (Å²) in [7, 11) is 0. The average molecular weight is 566 g/mol. The summed E-state index contributed by atoms with van der Waals surface area (Å²) in [5.74, 6) is -2.61. The molecule has 0 radical (unpaired) electrons. The quantitative estimate of drug-likeness (QED) is 0.171. The molecule has 0 aliphatic carbocycles. The Labute approximate surface area is 244 Å². The average Bonchev–Trinajstić information content (AvgIpc) is 3.04. The topological polar surface area (TPSA) is 108 Å². The van der Waals surface area contributed by atoms with E-state index in [4.69, 9.17) is 14.2 Å². The first-order valence-corrected chi connectivity index (χ1v) is 13.5. The number of rotatable bonds is 13. The molecular formula is C34H31NO7. The number of ether oxygens (including phenoxy) is 3. The molecule has 0 bridgehead atoms. The third kappa shape index (κ3) is 9.16. The fourth-order valence-electron chi connectivity index (χ4n) is 4.05. The number of esters is 3. The zero-order chi connectivity index (χ0) is 29.6. The Morgan fingerprint density at radius 1 is 0.548 bits per heavy atom. The predicted molar refractivity (Wildman–Crippen MR) is 155 cm³/mol. The van der Waals surface area contributed by atoms with E-state index in [1.807, 2.05) is 78.9 Å². The molecule has 0 unspecified atom stereocenters. The number of benzene rings is 4. The number of carbonyl (C=O) groups excluding carboxylic acids is 4. The van der Waals surface area contributed by atoms with Crippen molar-refractivity contribution in [2.75, 3.05) is 0 Å². The first-order chi connectivity index (χ1) is 20.5. The van der Waals surface area contributed by atoms with Crippen molar-refractivity contribution in [3.05, 3.63) is 143 Å². The Bertz CT molecular complexity index is 1470. The maximum Gasteiger partial charge on any atom is 0.339 e. The van der Waals surface area contributed by atoms with Crippen LogP contribution in [0, 0.1) is 0 Å². The summed E-state index contributed by atoms with van der Waals surface area (Å²) in [6.45, 7) is 0.121. The van der Waals surface area contributed by atoms with Crippen molar-refractivity contribution in [3.63, 3.8) is 0 Å². The van der Waals surface area contributed by atoms with Gasteiger partial charge in [-0.05, 0) is 35.2 Å². The standard InChI is InChI=1S/C34H31NO7/c36-31(40-22-25-12-4-1-5-13-25)21-20-30(34(39)42-24-27-16-8-3-9-17-27)35-32(37)28-18-10-11-19-29(28)33(38)41-23-26-14-6-2-7-15-26/h1-19,30H,20-24H2,(H,35,37)/t30-/m0/s1. The van der Waals surface area contributed by atoms with Gasteiger partial charge in [-0.3, -0.25) is 9.59 Å². The second-order valence-electron chi connectivity index (χ2n) is 9.41. The molecule has 0 spiro atoms. The normalized spacial score (nSPS) is 11.1. The number of carbonyl (C=O) groups is 4. The molecule has 4 aromatic carbocycles. The Morgan fingerprint density at radius 2 is 1.00 bits per heavy atom. The lowest BCUT2D eigenvalue weighted by molar-refractivity contribution is -0.148. The summed E-state index contributed by atoms with van der Waals surface area (Å²) in [6, 6.07) is 32.5. The first kappa shape index (κ1) is 29.7. The van der Waals surface area contributed by atoms with Crippen LogP contribution in [-0.4, -0.2) is 29.9 Å². The molecule has 4 rings (SSSR count). The molecule has 0 aliphatic rings. The minimum atomic E-state index is -1.17. The molecular weight excluding hydrogens is 534 g/mol. The van der Waals surface area contributed by atoms with E-state index < -0.39 is 29.9 Å². The van der Waals surface area contributed by atoms with E-state index in [-0.39, 0.29) is 43.8 Å². The highest BCUT2D eigenvalue weighted by Gasteiger charge is 2.26. The molecule has 0 aliphatic heterocycles. The van der Waals surface area contributed by atoms with Crippen molar-refractivity contribution in [1.29, 1.82) is 0 Å². The van der Waals surface area contributed by atoms with E-state index in [0.717, 1.165) is 16.7 Å². The monoisotopic (exact) mass is 565 g/mol. The summed E-state index contributed by atoms with van der Waals surface area (Å²) in [4.78, 5) is 51.8. The van der Waals surface area contributed by atoms with Crippen LogP contribution in [0.15, 0.2) is 115 Å². The Morgan fingerprint density at radius 3 is 1.55 bits per heavy atom. The van der Waals surface area contributed by atoms with Gasteiger partial charge >= 0.3 is 17.9 Å². The van der Waals surface area contributed by atoms with E-state index in [1.165, 1.54) is 12.1 Å². The molecule has 0 heterocycles. The highest BCUT2D eigenvalue weighted by molar-refractivity contribution is 6.06. The maximum absolute atomic E-state index is 13.3. The second-order valence-corrected chi connectivity index (χ2v) is 9.41. The van der Waals surface area contributed by atoms with E-state index >= 15 is 0 Å². The largest absolute Gasteiger partial charge is 0.461 e. The Balaban J connectivity index is 1.42. The molecule has 8 nitrogen and oxygen atoms in total. The Hall–Kier alpha value is -5.24. The van der Waals surface area contributed by atoms with Gasteiger partial charge in [-0.1, -0.05) is 103 Å². The fraction of sp³-hybridized carbons (Fsp3) is 0.176. The van der Waals surface area contributed by atoms with Gasteiger partial charge in [-0.2, -0.15) is 0 Å². The van der Waals surface area contributed by atoms with Crippen molar-refractivity contribution in [2.24, 2.45) is 0 Å². The number of nitrogens with one attached hydrogen (secondary N) is 1. The minimum Gasteiger partial charge on any atom is -0.461 e. The van der Waals surface area contributed by atoms with Crippen molar-refractivity contribution < 1.29 is 33.4 Å². The van der Waals surface area contributed by atoms with Gasteiger partial charge < -0.3 is 19.5 Å². The third-order valence-electron chi connectivity index (χ3n) is 6.30. The van der Waals surface area contributed by atoms with Gasteiger partial charge in [-0.25, -0.2) is 9.59 Å². The van der Waals surface area contributed by atoms with Crippen LogP contribution in [0.5, 0.6) is 0 Å². The lowest BCUT2D eigenvalue weighted by Gasteiger charge is -2.18.